The van der Waals surface area contributed by atoms with E-state index in [2.05, 4.69) is 13.7 Å². The number of hydrogen-bond acceptors (Lipinski definition) is 7. The molecule has 0 saturated carbocycles. The van der Waals surface area contributed by atoms with Crippen molar-refractivity contribution in [1.29, 1.82) is 0 Å². The zero-order chi connectivity index (χ0) is 23.2. The summed E-state index contributed by atoms with van der Waals surface area (Å²) >= 11 is 0.983. The van der Waals surface area contributed by atoms with Gasteiger partial charge in [-0.2, -0.15) is 13.1 Å². The molecule has 2 aromatic carbocycles. The minimum Gasteiger partial charge on any atom is -0.377 e. The van der Waals surface area contributed by atoms with Crippen molar-refractivity contribution in [2.45, 2.75) is 44.2 Å². The highest BCUT2D eigenvalue weighted by molar-refractivity contribution is 7.89. The second-order valence-corrected chi connectivity index (χ2v) is 10.9. The fourth-order valence-electron chi connectivity index (χ4n) is 4.33. The molecule has 3 heterocycles. The standard InChI is InChI=1S/C23H24N4O4S2/c1-14-5-7-19-16(10-14)11-17(23(28)24-19)12-27(13-18-4-3-9-31-18)33(29,30)22-15(2)6-8-20-21(22)26-32-25-20/h5-8,10-11,18H,3-4,9,12-13H2,1-2H3,(H,24,28)/t18-/m0/s1. The molecule has 0 spiro atoms. The fourth-order valence-corrected chi connectivity index (χ4v) is 6.72. The summed E-state index contributed by atoms with van der Waals surface area (Å²) in [5.74, 6) is 0. The van der Waals surface area contributed by atoms with Gasteiger partial charge in [0.05, 0.1) is 17.8 Å². The van der Waals surface area contributed by atoms with Crippen LogP contribution in [0.3, 0.4) is 0 Å². The zero-order valence-corrected chi connectivity index (χ0v) is 20.0. The summed E-state index contributed by atoms with van der Waals surface area (Å²) in [4.78, 5) is 15.9. The number of rotatable bonds is 6. The highest BCUT2D eigenvalue weighted by atomic mass is 32.2. The van der Waals surface area contributed by atoms with E-state index in [1.165, 1.54) is 4.31 Å². The molecule has 10 heteroatoms. The first-order chi connectivity index (χ1) is 15.8. The molecule has 1 aliphatic heterocycles. The molecule has 172 valence electrons. The third kappa shape index (κ3) is 4.19. The number of H-pyrrole nitrogens is 1. The first-order valence-electron chi connectivity index (χ1n) is 10.8. The lowest BCUT2D eigenvalue weighted by atomic mass is 10.1. The Balaban J connectivity index is 1.61. The number of ether oxygens (including phenoxy) is 1. The highest BCUT2D eigenvalue weighted by Gasteiger charge is 2.33. The van der Waals surface area contributed by atoms with Crippen molar-refractivity contribution in [1.82, 2.24) is 18.0 Å². The van der Waals surface area contributed by atoms with E-state index in [-0.39, 0.29) is 29.6 Å². The summed E-state index contributed by atoms with van der Waals surface area (Å²) in [6.07, 6.45) is 1.45. The van der Waals surface area contributed by atoms with E-state index >= 15 is 0 Å². The number of fused-ring (bicyclic) bond motifs is 2. The summed E-state index contributed by atoms with van der Waals surface area (Å²) in [6, 6.07) is 11.0. The number of aryl methyl sites for hydroxylation is 2. The Labute approximate surface area is 195 Å². The summed E-state index contributed by atoms with van der Waals surface area (Å²) in [5, 5.41) is 0.862. The van der Waals surface area contributed by atoms with Gasteiger partial charge in [-0.3, -0.25) is 4.79 Å². The predicted octanol–water partition coefficient (Wildman–Crippen LogP) is 3.52. The molecule has 0 radical (unpaired) electrons. The Bertz CT molecular complexity index is 1500. The molecule has 0 amide bonds. The fraction of sp³-hybridized carbons (Fsp3) is 0.348. The lowest BCUT2D eigenvalue weighted by molar-refractivity contribution is 0.0925. The molecular weight excluding hydrogens is 460 g/mol. The summed E-state index contributed by atoms with van der Waals surface area (Å²) in [6.45, 7) is 4.44. The molecule has 8 nitrogen and oxygen atoms in total. The van der Waals surface area contributed by atoms with Crippen LogP contribution in [0.25, 0.3) is 21.9 Å². The van der Waals surface area contributed by atoms with Crippen molar-refractivity contribution in [3.63, 3.8) is 0 Å². The van der Waals surface area contributed by atoms with Gasteiger partial charge in [0.25, 0.3) is 5.56 Å². The van der Waals surface area contributed by atoms with Crippen LogP contribution in [0.4, 0.5) is 0 Å². The largest absolute Gasteiger partial charge is 0.377 e. The number of hydrogen-bond donors (Lipinski definition) is 1. The maximum atomic E-state index is 14.0. The van der Waals surface area contributed by atoms with E-state index in [4.69, 9.17) is 4.74 Å². The average molecular weight is 485 g/mol. The Hall–Kier alpha value is -2.66. The lowest BCUT2D eigenvalue weighted by Gasteiger charge is -2.25. The van der Waals surface area contributed by atoms with Gasteiger partial charge in [0.1, 0.15) is 15.9 Å². The SMILES string of the molecule is Cc1ccc2[nH]c(=O)c(CN(C[C@@H]3CCCO3)S(=O)(=O)c3c(C)ccc4nsnc34)cc2c1. The first-order valence-corrected chi connectivity index (χ1v) is 13.0. The molecule has 33 heavy (non-hydrogen) atoms. The van der Waals surface area contributed by atoms with Crippen molar-refractivity contribution in [2.75, 3.05) is 13.2 Å². The highest BCUT2D eigenvalue weighted by Crippen LogP contribution is 2.30. The second-order valence-electron chi connectivity index (χ2n) is 8.49. The van der Waals surface area contributed by atoms with E-state index in [1.807, 2.05) is 25.1 Å². The molecule has 1 aliphatic rings. The number of aromatic nitrogens is 3. The molecule has 1 saturated heterocycles. The maximum absolute atomic E-state index is 14.0. The number of sulfonamides is 1. The van der Waals surface area contributed by atoms with E-state index < -0.39 is 10.0 Å². The molecule has 2 aromatic heterocycles. The molecule has 4 aromatic rings. The van der Waals surface area contributed by atoms with Crippen LogP contribution in [-0.2, 0) is 21.3 Å². The van der Waals surface area contributed by atoms with Gasteiger partial charge in [0, 0.05) is 30.8 Å². The van der Waals surface area contributed by atoms with Gasteiger partial charge in [-0.15, -0.1) is 0 Å². The van der Waals surface area contributed by atoms with Crippen molar-refractivity contribution < 1.29 is 13.2 Å². The quantitative estimate of drug-likeness (QED) is 0.449. The minimum atomic E-state index is -3.99. The van der Waals surface area contributed by atoms with Crippen LogP contribution in [0.2, 0.25) is 0 Å². The molecule has 0 aliphatic carbocycles. The molecule has 1 N–H and O–H groups in total. The van der Waals surface area contributed by atoms with Gasteiger partial charge in [0.15, 0.2) is 0 Å². The number of nitrogens with one attached hydrogen (secondary N) is 1. The summed E-state index contributed by atoms with van der Waals surface area (Å²) in [7, 11) is -3.99. The van der Waals surface area contributed by atoms with E-state index in [0.29, 0.717) is 28.8 Å². The van der Waals surface area contributed by atoms with Crippen LogP contribution in [0.1, 0.15) is 29.5 Å². The Kier molecular flexibility index (Phi) is 5.77. The van der Waals surface area contributed by atoms with E-state index in [0.717, 1.165) is 41.0 Å². The summed E-state index contributed by atoms with van der Waals surface area (Å²) < 4.78 is 43.5. The van der Waals surface area contributed by atoms with Gasteiger partial charge in [0.2, 0.25) is 10.0 Å². The van der Waals surface area contributed by atoms with Crippen LogP contribution >= 0.6 is 11.7 Å². The van der Waals surface area contributed by atoms with Gasteiger partial charge >= 0.3 is 0 Å². The maximum Gasteiger partial charge on any atom is 0.252 e. The summed E-state index contributed by atoms with van der Waals surface area (Å²) in [5.41, 5.74) is 3.36. The normalized spacial score (nSPS) is 16.9. The zero-order valence-electron chi connectivity index (χ0n) is 18.4. The topological polar surface area (TPSA) is 105 Å². The van der Waals surface area contributed by atoms with Gasteiger partial charge in [-0.05, 0) is 61.9 Å². The third-order valence-corrected chi connectivity index (χ3v) is 8.56. The molecule has 5 rings (SSSR count). The molecule has 1 fully saturated rings. The van der Waals surface area contributed by atoms with Crippen molar-refractivity contribution in [3.8, 4) is 0 Å². The Morgan fingerprint density at radius 3 is 2.82 bits per heavy atom. The molecule has 0 unspecified atom stereocenters. The number of benzene rings is 2. The van der Waals surface area contributed by atoms with Crippen LogP contribution in [-0.4, -0.2) is 45.7 Å². The van der Waals surface area contributed by atoms with Crippen molar-refractivity contribution in [3.05, 3.63) is 63.4 Å². The Morgan fingerprint density at radius 2 is 2.03 bits per heavy atom. The van der Waals surface area contributed by atoms with E-state index in [1.54, 1.807) is 25.1 Å². The van der Waals surface area contributed by atoms with Crippen molar-refractivity contribution in [2.24, 2.45) is 0 Å². The van der Waals surface area contributed by atoms with Crippen LogP contribution < -0.4 is 5.56 Å². The van der Waals surface area contributed by atoms with Gasteiger partial charge in [-0.25, -0.2) is 8.42 Å². The smallest absolute Gasteiger partial charge is 0.252 e. The number of aromatic amines is 1. The molecular formula is C23H24N4O4S2. The van der Waals surface area contributed by atoms with Gasteiger partial charge < -0.3 is 9.72 Å². The van der Waals surface area contributed by atoms with Gasteiger partial charge in [-0.1, -0.05) is 17.7 Å². The number of nitrogens with zero attached hydrogens (tertiary/aromatic N) is 3. The third-order valence-electron chi connectivity index (χ3n) is 6.03. The Morgan fingerprint density at radius 1 is 1.18 bits per heavy atom. The monoisotopic (exact) mass is 484 g/mol. The predicted molar refractivity (Wildman–Crippen MR) is 128 cm³/mol. The number of pyridine rings is 1. The minimum absolute atomic E-state index is 0.0607. The van der Waals surface area contributed by atoms with Crippen LogP contribution in [0, 0.1) is 13.8 Å². The molecule has 1 atom stereocenters. The lowest BCUT2D eigenvalue weighted by Crippen LogP contribution is -2.38. The first kappa shape index (κ1) is 22.1. The van der Waals surface area contributed by atoms with E-state index in [9.17, 15) is 13.2 Å². The average Bonchev–Trinajstić information content (AvgIpc) is 3.45. The van der Waals surface area contributed by atoms with Crippen LogP contribution in [0.15, 0.2) is 46.1 Å². The molecule has 0 bridgehead atoms. The second kappa shape index (κ2) is 8.60. The van der Waals surface area contributed by atoms with Crippen molar-refractivity contribution >= 4 is 43.7 Å². The van der Waals surface area contributed by atoms with Crippen LogP contribution in [0.5, 0.6) is 0 Å².